The number of nitrogens with zero attached hydrogens (tertiary/aromatic N) is 4. The number of ether oxygens (including phenoxy) is 1. The fraction of sp³-hybridized carbons (Fsp3) is 0.529. The van der Waals surface area contributed by atoms with Crippen LogP contribution in [-0.4, -0.2) is 63.4 Å². The molecule has 8 nitrogen and oxygen atoms in total. The van der Waals surface area contributed by atoms with Crippen LogP contribution in [0.1, 0.15) is 37.0 Å². The van der Waals surface area contributed by atoms with Crippen molar-refractivity contribution in [1.29, 1.82) is 0 Å². The molecule has 0 unspecified atom stereocenters. The number of piperidine rings is 1. The van der Waals surface area contributed by atoms with Crippen molar-refractivity contribution >= 4 is 23.0 Å². The fourth-order valence-electron chi connectivity index (χ4n) is 3.69. The van der Waals surface area contributed by atoms with Crippen LogP contribution in [-0.2, 0) is 4.74 Å². The molecular weight excluding hydrogens is 324 g/mol. The Morgan fingerprint density at radius 1 is 1.20 bits per heavy atom. The van der Waals surface area contributed by atoms with Gasteiger partial charge >= 0.3 is 6.09 Å². The van der Waals surface area contributed by atoms with Gasteiger partial charge in [-0.1, -0.05) is 0 Å². The maximum Gasteiger partial charge on any atom is 0.410 e. The number of hydrogen-bond donors (Lipinski definition) is 0. The molecule has 0 aliphatic carbocycles. The number of aromatic nitrogens is 2. The average Bonchev–Trinajstić information content (AvgIpc) is 3.17. The number of likely N-dealkylation sites (tertiary alicyclic amines) is 1. The molecule has 8 heteroatoms. The highest BCUT2D eigenvalue weighted by molar-refractivity contribution is 5.97. The van der Waals surface area contributed by atoms with Gasteiger partial charge in [-0.25, -0.2) is 9.42 Å². The molecule has 2 aromatic rings. The molecular formula is C17H20N4O4. The predicted molar refractivity (Wildman–Crippen MR) is 88.0 cm³/mol. The van der Waals surface area contributed by atoms with E-state index >= 15 is 0 Å². The van der Waals surface area contributed by atoms with E-state index in [9.17, 15) is 9.59 Å². The van der Waals surface area contributed by atoms with Gasteiger partial charge in [0.25, 0.3) is 5.91 Å². The maximum atomic E-state index is 12.7. The summed E-state index contributed by atoms with van der Waals surface area (Å²) in [5.74, 6) is -0.0355. The highest BCUT2D eigenvalue weighted by atomic mass is 16.6. The van der Waals surface area contributed by atoms with Crippen LogP contribution < -0.4 is 0 Å². The van der Waals surface area contributed by atoms with E-state index in [0.717, 1.165) is 12.8 Å². The molecule has 0 radical (unpaired) electrons. The Labute approximate surface area is 144 Å². The second-order valence-corrected chi connectivity index (χ2v) is 7.23. The first-order valence-corrected chi connectivity index (χ1v) is 8.43. The lowest BCUT2D eigenvalue weighted by atomic mass is 9.96. The topological polar surface area (TPSA) is 88.8 Å². The minimum absolute atomic E-state index is 0.0355. The van der Waals surface area contributed by atoms with Gasteiger partial charge in [0.05, 0.1) is 5.54 Å². The lowest BCUT2D eigenvalue weighted by Crippen LogP contribution is -2.53. The van der Waals surface area contributed by atoms with E-state index in [1.807, 2.05) is 23.6 Å². The van der Waals surface area contributed by atoms with Crippen molar-refractivity contribution in [2.75, 3.05) is 19.7 Å². The minimum Gasteiger partial charge on any atom is -0.447 e. The molecule has 2 amide bonds. The number of fused-ring (bicyclic) bond motifs is 1. The molecule has 2 aliphatic heterocycles. The summed E-state index contributed by atoms with van der Waals surface area (Å²) in [6, 6.07) is 5.27. The zero-order valence-corrected chi connectivity index (χ0v) is 14.3. The van der Waals surface area contributed by atoms with Crippen LogP contribution in [0.25, 0.3) is 11.0 Å². The van der Waals surface area contributed by atoms with Gasteiger partial charge in [0.15, 0.2) is 0 Å². The van der Waals surface area contributed by atoms with Crippen LogP contribution >= 0.6 is 0 Å². The summed E-state index contributed by atoms with van der Waals surface area (Å²) >= 11 is 0. The normalized spacial score (nSPS) is 21.0. The number of carbonyl (C=O) groups excluding carboxylic acids is 2. The van der Waals surface area contributed by atoms with E-state index in [0.29, 0.717) is 36.3 Å². The Morgan fingerprint density at radius 3 is 2.60 bits per heavy atom. The van der Waals surface area contributed by atoms with Crippen molar-refractivity contribution in [2.45, 2.75) is 38.3 Å². The first-order chi connectivity index (χ1) is 12.0. The van der Waals surface area contributed by atoms with E-state index in [1.54, 1.807) is 18.2 Å². The molecule has 25 heavy (non-hydrogen) atoms. The van der Waals surface area contributed by atoms with Crippen LogP contribution in [0, 0.1) is 0 Å². The highest BCUT2D eigenvalue weighted by Gasteiger charge is 2.44. The Morgan fingerprint density at radius 2 is 1.92 bits per heavy atom. The van der Waals surface area contributed by atoms with Crippen LogP contribution in [0.2, 0.25) is 0 Å². The van der Waals surface area contributed by atoms with Gasteiger partial charge in [-0.05, 0) is 55.2 Å². The lowest BCUT2D eigenvalue weighted by Gasteiger charge is -2.40. The monoisotopic (exact) mass is 344 g/mol. The number of amides is 2. The molecule has 132 valence electrons. The van der Waals surface area contributed by atoms with Gasteiger partial charge in [-0.3, -0.25) is 9.69 Å². The van der Waals surface area contributed by atoms with Crippen LogP contribution in [0.3, 0.4) is 0 Å². The summed E-state index contributed by atoms with van der Waals surface area (Å²) in [5.41, 5.74) is 1.48. The first-order valence-electron chi connectivity index (χ1n) is 8.43. The summed E-state index contributed by atoms with van der Waals surface area (Å²) in [6.45, 7) is 5.65. The Balaban J connectivity index is 1.44. The summed E-state index contributed by atoms with van der Waals surface area (Å²) < 4.78 is 9.87. The highest BCUT2D eigenvalue weighted by Crippen LogP contribution is 2.30. The molecule has 2 fully saturated rings. The Hall–Kier alpha value is -2.64. The number of hydrogen-bond acceptors (Lipinski definition) is 6. The standard InChI is InChI=1S/C17H20N4O4/c1-17(2)10-24-16(23)21(17)12-5-7-20(8-6-12)15(22)11-3-4-13-14(9-11)19-25-18-13/h3-4,9,12H,5-8,10H2,1-2H3. The second-order valence-electron chi connectivity index (χ2n) is 7.23. The number of rotatable bonds is 2. The summed E-state index contributed by atoms with van der Waals surface area (Å²) in [4.78, 5) is 28.4. The zero-order valence-electron chi connectivity index (χ0n) is 14.3. The lowest BCUT2D eigenvalue weighted by molar-refractivity contribution is 0.0589. The van der Waals surface area contributed by atoms with E-state index < -0.39 is 0 Å². The van der Waals surface area contributed by atoms with Gasteiger partial charge in [0.1, 0.15) is 17.6 Å². The van der Waals surface area contributed by atoms with Gasteiger partial charge in [0, 0.05) is 24.7 Å². The van der Waals surface area contributed by atoms with E-state index in [2.05, 4.69) is 14.9 Å². The van der Waals surface area contributed by atoms with Crippen molar-refractivity contribution in [2.24, 2.45) is 0 Å². The molecule has 1 aromatic carbocycles. The van der Waals surface area contributed by atoms with Gasteiger partial charge in [-0.15, -0.1) is 0 Å². The Bertz CT molecular complexity index is 823. The third-order valence-corrected chi connectivity index (χ3v) is 5.02. The second kappa shape index (κ2) is 5.72. The summed E-state index contributed by atoms with van der Waals surface area (Å²) in [6.07, 6.45) is 1.24. The number of cyclic esters (lactones) is 1. The molecule has 0 N–H and O–H groups in total. The molecule has 2 aliphatic rings. The molecule has 0 spiro atoms. The third-order valence-electron chi connectivity index (χ3n) is 5.02. The van der Waals surface area contributed by atoms with Crippen molar-refractivity contribution in [3.63, 3.8) is 0 Å². The van der Waals surface area contributed by atoms with Crippen molar-refractivity contribution in [1.82, 2.24) is 20.1 Å². The molecule has 0 atom stereocenters. The molecule has 0 bridgehead atoms. The summed E-state index contributed by atoms with van der Waals surface area (Å²) in [5, 5.41) is 7.53. The Kier molecular flexibility index (Phi) is 3.63. The molecule has 3 heterocycles. The largest absolute Gasteiger partial charge is 0.447 e. The van der Waals surface area contributed by atoms with E-state index in [1.165, 1.54) is 0 Å². The van der Waals surface area contributed by atoms with Crippen molar-refractivity contribution < 1.29 is 19.0 Å². The smallest absolute Gasteiger partial charge is 0.410 e. The maximum absolute atomic E-state index is 12.7. The fourth-order valence-corrected chi connectivity index (χ4v) is 3.69. The summed E-state index contributed by atoms with van der Waals surface area (Å²) in [7, 11) is 0. The zero-order chi connectivity index (χ0) is 17.6. The molecule has 4 rings (SSSR count). The van der Waals surface area contributed by atoms with E-state index in [-0.39, 0.29) is 23.6 Å². The first kappa shape index (κ1) is 15.9. The molecule has 0 saturated carbocycles. The molecule has 1 aromatic heterocycles. The van der Waals surface area contributed by atoms with Gasteiger partial charge in [0.2, 0.25) is 0 Å². The number of carbonyl (C=O) groups is 2. The van der Waals surface area contributed by atoms with Crippen LogP contribution in [0.15, 0.2) is 22.8 Å². The van der Waals surface area contributed by atoms with Gasteiger partial charge < -0.3 is 9.64 Å². The van der Waals surface area contributed by atoms with Gasteiger partial charge in [-0.2, -0.15) is 0 Å². The third kappa shape index (κ3) is 2.71. The van der Waals surface area contributed by atoms with Crippen LogP contribution in [0.5, 0.6) is 0 Å². The molecule has 2 saturated heterocycles. The minimum atomic E-state index is -0.293. The van der Waals surface area contributed by atoms with E-state index in [4.69, 9.17) is 4.74 Å². The van der Waals surface area contributed by atoms with Crippen LogP contribution in [0.4, 0.5) is 4.79 Å². The number of benzene rings is 1. The average molecular weight is 344 g/mol. The quantitative estimate of drug-likeness (QED) is 0.828. The predicted octanol–water partition coefficient (Wildman–Crippen LogP) is 2.06. The van der Waals surface area contributed by atoms with Crippen molar-refractivity contribution in [3.8, 4) is 0 Å². The van der Waals surface area contributed by atoms with Crippen molar-refractivity contribution in [3.05, 3.63) is 23.8 Å². The SMILES string of the molecule is CC1(C)COC(=O)N1C1CCN(C(=O)c2ccc3nonc3c2)CC1.